The van der Waals surface area contributed by atoms with Gasteiger partial charge in [0.05, 0.1) is 19.3 Å². The van der Waals surface area contributed by atoms with Crippen molar-refractivity contribution in [2.24, 2.45) is 10.7 Å². The van der Waals surface area contributed by atoms with Gasteiger partial charge in [-0.3, -0.25) is 4.99 Å². The molecule has 0 heterocycles. The summed E-state index contributed by atoms with van der Waals surface area (Å²) in [6.45, 7) is 9.32. The molecule has 1 aromatic rings. The first-order valence-electron chi connectivity index (χ1n) is 6.25. The molecule has 0 saturated heterocycles. The zero-order valence-corrected chi connectivity index (χ0v) is 11.7. The molecule has 3 N–H and O–H groups in total. The second-order valence-electron chi connectivity index (χ2n) is 4.61. The van der Waals surface area contributed by atoms with Crippen molar-refractivity contribution in [2.45, 2.75) is 33.8 Å². The molecule has 4 nitrogen and oxygen atoms in total. The number of hydrogen-bond donors (Lipinski definition) is 2. The lowest BCUT2D eigenvalue weighted by Crippen LogP contribution is -2.23. The van der Waals surface area contributed by atoms with Crippen LogP contribution in [0.5, 0.6) is 0 Å². The molecular weight excluding hydrogens is 226 g/mol. The van der Waals surface area contributed by atoms with Crippen LogP contribution in [0, 0.1) is 13.8 Å². The largest absolute Gasteiger partial charge is 0.377 e. The lowest BCUT2D eigenvalue weighted by Gasteiger charge is -2.09. The first-order valence-corrected chi connectivity index (χ1v) is 6.25. The van der Waals surface area contributed by atoms with Crippen LogP contribution in [0.1, 0.15) is 25.0 Å². The van der Waals surface area contributed by atoms with Crippen molar-refractivity contribution in [1.82, 2.24) is 0 Å². The molecule has 0 saturated carbocycles. The standard InChI is InChI=1S/C14H23N3O/c1-10(2)18-8-7-16-14(15)17-13-6-5-11(3)12(4)9-13/h5-6,9-10H,7-8H2,1-4H3,(H3,15,16,17). The van der Waals surface area contributed by atoms with Crippen molar-refractivity contribution in [3.8, 4) is 0 Å². The van der Waals surface area contributed by atoms with E-state index in [2.05, 4.69) is 36.3 Å². The van der Waals surface area contributed by atoms with Crippen LogP contribution in [0.3, 0.4) is 0 Å². The van der Waals surface area contributed by atoms with Crippen molar-refractivity contribution in [1.29, 1.82) is 0 Å². The third-order valence-electron chi connectivity index (χ3n) is 2.60. The van der Waals surface area contributed by atoms with Gasteiger partial charge in [-0.2, -0.15) is 0 Å². The number of nitrogens with zero attached hydrogens (tertiary/aromatic N) is 1. The Hall–Kier alpha value is -1.55. The van der Waals surface area contributed by atoms with E-state index in [1.807, 2.05) is 19.9 Å². The highest BCUT2D eigenvalue weighted by Gasteiger charge is 1.98. The SMILES string of the molecule is Cc1ccc(NC(N)=NCCOC(C)C)cc1C. The molecule has 0 unspecified atom stereocenters. The van der Waals surface area contributed by atoms with Gasteiger partial charge >= 0.3 is 0 Å². The topological polar surface area (TPSA) is 59.6 Å². The fourth-order valence-electron chi connectivity index (χ4n) is 1.46. The Morgan fingerprint density at radius 2 is 2.06 bits per heavy atom. The van der Waals surface area contributed by atoms with Gasteiger partial charge in [-0.15, -0.1) is 0 Å². The normalized spacial score (nSPS) is 11.9. The van der Waals surface area contributed by atoms with Crippen molar-refractivity contribution >= 4 is 11.6 Å². The van der Waals surface area contributed by atoms with E-state index in [1.165, 1.54) is 11.1 Å². The zero-order chi connectivity index (χ0) is 13.5. The second kappa shape index (κ2) is 7.01. The molecule has 0 bridgehead atoms. The van der Waals surface area contributed by atoms with Crippen LogP contribution < -0.4 is 11.1 Å². The van der Waals surface area contributed by atoms with Gasteiger partial charge in [0.1, 0.15) is 0 Å². The van der Waals surface area contributed by atoms with E-state index in [9.17, 15) is 0 Å². The van der Waals surface area contributed by atoms with Gasteiger partial charge in [0.25, 0.3) is 0 Å². The summed E-state index contributed by atoms with van der Waals surface area (Å²) in [4.78, 5) is 4.20. The second-order valence-corrected chi connectivity index (χ2v) is 4.61. The summed E-state index contributed by atoms with van der Waals surface area (Å²) >= 11 is 0. The summed E-state index contributed by atoms with van der Waals surface area (Å²) in [6.07, 6.45) is 0.231. The number of nitrogens with two attached hydrogens (primary N) is 1. The van der Waals surface area contributed by atoms with Gasteiger partial charge in [0.2, 0.25) is 0 Å². The van der Waals surface area contributed by atoms with Crippen LogP contribution in [0.25, 0.3) is 0 Å². The van der Waals surface area contributed by atoms with Crippen molar-refractivity contribution < 1.29 is 4.74 Å². The molecule has 0 aliphatic rings. The highest BCUT2D eigenvalue weighted by atomic mass is 16.5. The van der Waals surface area contributed by atoms with Gasteiger partial charge in [-0.05, 0) is 51.0 Å². The van der Waals surface area contributed by atoms with Crippen LogP contribution in [-0.2, 0) is 4.74 Å². The predicted octanol–water partition coefficient (Wildman–Crippen LogP) is 2.46. The Bertz CT molecular complexity index is 414. The smallest absolute Gasteiger partial charge is 0.193 e. The van der Waals surface area contributed by atoms with Gasteiger partial charge < -0.3 is 15.8 Å². The van der Waals surface area contributed by atoms with E-state index in [0.717, 1.165) is 5.69 Å². The number of aliphatic imine (C=N–C) groups is 1. The maximum atomic E-state index is 5.79. The molecule has 0 radical (unpaired) electrons. The number of anilines is 1. The van der Waals surface area contributed by atoms with E-state index >= 15 is 0 Å². The van der Waals surface area contributed by atoms with Crippen LogP contribution in [0.2, 0.25) is 0 Å². The molecule has 1 rings (SSSR count). The maximum Gasteiger partial charge on any atom is 0.193 e. The van der Waals surface area contributed by atoms with Crippen LogP contribution in [-0.4, -0.2) is 25.2 Å². The van der Waals surface area contributed by atoms with E-state index in [-0.39, 0.29) is 6.10 Å². The van der Waals surface area contributed by atoms with Gasteiger partial charge in [0.15, 0.2) is 5.96 Å². The molecular formula is C14H23N3O. The fourth-order valence-corrected chi connectivity index (χ4v) is 1.46. The van der Waals surface area contributed by atoms with E-state index in [1.54, 1.807) is 0 Å². The summed E-state index contributed by atoms with van der Waals surface area (Å²) < 4.78 is 5.39. The Morgan fingerprint density at radius 3 is 2.67 bits per heavy atom. The number of benzene rings is 1. The maximum absolute atomic E-state index is 5.79. The third kappa shape index (κ3) is 5.19. The highest BCUT2D eigenvalue weighted by molar-refractivity contribution is 5.92. The lowest BCUT2D eigenvalue weighted by molar-refractivity contribution is 0.0853. The number of ether oxygens (including phenoxy) is 1. The number of hydrogen-bond acceptors (Lipinski definition) is 2. The van der Waals surface area contributed by atoms with Crippen LogP contribution in [0.15, 0.2) is 23.2 Å². The molecule has 18 heavy (non-hydrogen) atoms. The number of nitrogens with one attached hydrogen (secondary N) is 1. The first kappa shape index (κ1) is 14.5. The molecule has 0 amide bonds. The zero-order valence-electron chi connectivity index (χ0n) is 11.7. The molecule has 100 valence electrons. The lowest BCUT2D eigenvalue weighted by atomic mass is 10.1. The van der Waals surface area contributed by atoms with Gasteiger partial charge in [0, 0.05) is 5.69 Å². The number of rotatable bonds is 5. The van der Waals surface area contributed by atoms with Crippen molar-refractivity contribution in [3.63, 3.8) is 0 Å². The molecule has 0 atom stereocenters. The summed E-state index contributed by atoms with van der Waals surface area (Å²) in [5, 5.41) is 3.07. The molecule has 0 aliphatic heterocycles. The number of guanidine groups is 1. The van der Waals surface area contributed by atoms with Crippen LogP contribution >= 0.6 is 0 Å². The summed E-state index contributed by atoms with van der Waals surface area (Å²) in [6, 6.07) is 6.12. The minimum absolute atomic E-state index is 0.231. The summed E-state index contributed by atoms with van der Waals surface area (Å²) in [5.74, 6) is 0.422. The Kier molecular flexibility index (Phi) is 5.65. The van der Waals surface area contributed by atoms with Crippen molar-refractivity contribution in [3.05, 3.63) is 29.3 Å². The molecule has 0 fully saturated rings. The minimum atomic E-state index is 0.231. The quantitative estimate of drug-likeness (QED) is 0.479. The fraction of sp³-hybridized carbons (Fsp3) is 0.500. The van der Waals surface area contributed by atoms with E-state index in [0.29, 0.717) is 19.1 Å². The summed E-state index contributed by atoms with van der Waals surface area (Å²) in [7, 11) is 0. The monoisotopic (exact) mass is 249 g/mol. The average molecular weight is 249 g/mol. The van der Waals surface area contributed by atoms with Crippen molar-refractivity contribution in [2.75, 3.05) is 18.5 Å². The number of aryl methyl sites for hydroxylation is 2. The third-order valence-corrected chi connectivity index (χ3v) is 2.60. The molecule has 0 spiro atoms. The highest BCUT2D eigenvalue weighted by Crippen LogP contribution is 2.13. The molecule has 0 aliphatic carbocycles. The van der Waals surface area contributed by atoms with Crippen LogP contribution in [0.4, 0.5) is 5.69 Å². The van der Waals surface area contributed by atoms with Gasteiger partial charge in [-0.25, -0.2) is 0 Å². The first-order chi connectivity index (χ1) is 8.49. The van der Waals surface area contributed by atoms with E-state index in [4.69, 9.17) is 10.5 Å². The Balaban J connectivity index is 2.45. The average Bonchev–Trinajstić information content (AvgIpc) is 2.29. The Labute approximate surface area is 109 Å². The van der Waals surface area contributed by atoms with E-state index < -0.39 is 0 Å². The van der Waals surface area contributed by atoms with Gasteiger partial charge in [-0.1, -0.05) is 6.07 Å². The molecule has 0 aromatic heterocycles. The molecule has 4 heteroatoms. The molecule has 1 aromatic carbocycles. The predicted molar refractivity (Wildman–Crippen MR) is 77.1 cm³/mol. The minimum Gasteiger partial charge on any atom is -0.377 e. The summed E-state index contributed by atoms with van der Waals surface area (Å²) in [5.41, 5.74) is 9.25. The Morgan fingerprint density at radius 1 is 1.33 bits per heavy atom.